The van der Waals surface area contributed by atoms with Gasteiger partial charge in [0.25, 0.3) is 0 Å². The van der Waals surface area contributed by atoms with E-state index < -0.39 is 0 Å². The molecule has 1 aliphatic heterocycles. The molecular formula is C22H26N2O2S2. The number of benzene rings is 1. The molecule has 0 spiro atoms. The van der Waals surface area contributed by atoms with E-state index in [2.05, 4.69) is 34.5 Å². The van der Waals surface area contributed by atoms with Gasteiger partial charge in [0.2, 0.25) is 0 Å². The van der Waals surface area contributed by atoms with Crippen molar-refractivity contribution < 1.29 is 9.53 Å². The molecule has 1 aliphatic carbocycles. The topological polar surface area (TPSA) is 41.6 Å². The Kier molecular flexibility index (Phi) is 5.97. The van der Waals surface area contributed by atoms with Crippen molar-refractivity contribution >= 4 is 39.6 Å². The largest absolute Gasteiger partial charge is 0.462 e. The van der Waals surface area contributed by atoms with Crippen molar-refractivity contribution in [2.45, 2.75) is 52.0 Å². The van der Waals surface area contributed by atoms with E-state index in [-0.39, 0.29) is 5.97 Å². The van der Waals surface area contributed by atoms with Crippen molar-refractivity contribution in [2.75, 3.05) is 18.5 Å². The lowest BCUT2D eigenvalue weighted by molar-refractivity contribution is 0.0527. The smallest absolute Gasteiger partial charge is 0.341 e. The molecule has 0 unspecified atom stereocenters. The van der Waals surface area contributed by atoms with E-state index in [0.717, 1.165) is 43.8 Å². The molecule has 2 heterocycles. The Labute approximate surface area is 175 Å². The highest BCUT2D eigenvalue weighted by molar-refractivity contribution is 7.80. The predicted octanol–water partition coefficient (Wildman–Crippen LogP) is 4.95. The summed E-state index contributed by atoms with van der Waals surface area (Å²) in [5, 5.41) is 4.95. The van der Waals surface area contributed by atoms with Crippen LogP contribution in [0, 0.1) is 0 Å². The van der Waals surface area contributed by atoms with Gasteiger partial charge >= 0.3 is 5.97 Å². The van der Waals surface area contributed by atoms with E-state index in [9.17, 15) is 4.79 Å². The van der Waals surface area contributed by atoms with Crippen LogP contribution in [-0.2, 0) is 30.5 Å². The molecule has 1 aromatic carbocycles. The summed E-state index contributed by atoms with van der Waals surface area (Å²) in [7, 11) is 0. The van der Waals surface area contributed by atoms with Crippen molar-refractivity contribution in [3.8, 4) is 0 Å². The molecule has 6 heteroatoms. The lowest BCUT2D eigenvalue weighted by Gasteiger charge is -2.31. The van der Waals surface area contributed by atoms with Gasteiger partial charge in [0.05, 0.1) is 12.2 Å². The van der Waals surface area contributed by atoms with Gasteiger partial charge in [-0.25, -0.2) is 4.79 Å². The molecule has 0 radical (unpaired) electrons. The molecule has 1 N–H and O–H groups in total. The van der Waals surface area contributed by atoms with Crippen LogP contribution in [0.2, 0.25) is 0 Å². The Bertz CT molecular complexity index is 891. The standard InChI is InChI=1S/C22H26N2O2S2/c1-2-26-21(25)19-17-10-4-3-5-11-18(17)28-20(19)23-22(27)24-13-12-15-8-6-7-9-16(15)14-24/h6-9H,2-5,10-14H2,1H3,(H,23,27). The molecule has 0 atom stereocenters. The monoisotopic (exact) mass is 414 g/mol. The molecule has 1 aromatic heterocycles. The van der Waals surface area contributed by atoms with E-state index in [4.69, 9.17) is 17.0 Å². The Morgan fingerprint density at radius 3 is 2.79 bits per heavy atom. The van der Waals surface area contributed by atoms with Crippen LogP contribution in [0.1, 0.15) is 58.1 Å². The zero-order valence-corrected chi connectivity index (χ0v) is 17.9. The number of ether oxygens (including phenoxy) is 1. The van der Waals surface area contributed by atoms with Gasteiger partial charge in [-0.05, 0) is 67.9 Å². The zero-order chi connectivity index (χ0) is 19.5. The number of thiophene rings is 1. The second-order valence-electron chi connectivity index (χ2n) is 7.36. The summed E-state index contributed by atoms with van der Waals surface area (Å²) in [6, 6.07) is 8.53. The minimum absolute atomic E-state index is 0.226. The Balaban J connectivity index is 1.57. The molecule has 2 aromatic rings. The number of hydrogen-bond donors (Lipinski definition) is 1. The number of nitrogens with one attached hydrogen (secondary N) is 1. The normalized spacial score (nSPS) is 16.0. The first-order valence-corrected chi connectivity index (χ1v) is 11.3. The molecule has 28 heavy (non-hydrogen) atoms. The lowest BCUT2D eigenvalue weighted by Crippen LogP contribution is -2.38. The minimum atomic E-state index is -0.226. The summed E-state index contributed by atoms with van der Waals surface area (Å²) in [6.45, 7) is 3.94. The second kappa shape index (κ2) is 8.62. The number of carbonyl (C=O) groups excluding carboxylic acids is 1. The number of esters is 1. The number of anilines is 1. The summed E-state index contributed by atoms with van der Waals surface area (Å²) in [5.41, 5.74) is 4.61. The van der Waals surface area contributed by atoms with Crippen molar-refractivity contribution in [3.05, 3.63) is 51.4 Å². The quantitative estimate of drug-likeness (QED) is 0.437. The fraction of sp³-hybridized carbons (Fsp3) is 0.455. The average molecular weight is 415 g/mol. The number of aryl methyl sites for hydroxylation is 1. The SMILES string of the molecule is CCOC(=O)c1c(NC(=S)N2CCc3ccccc3C2)sc2c1CCCCC2. The molecule has 0 amide bonds. The van der Waals surface area contributed by atoms with Crippen LogP contribution in [0.15, 0.2) is 24.3 Å². The molecule has 0 bridgehead atoms. The maximum absolute atomic E-state index is 12.7. The van der Waals surface area contributed by atoms with E-state index in [1.54, 1.807) is 11.3 Å². The van der Waals surface area contributed by atoms with Gasteiger partial charge in [-0.2, -0.15) is 0 Å². The molecule has 0 saturated carbocycles. The third-order valence-electron chi connectivity index (χ3n) is 5.54. The molecular weight excluding hydrogens is 388 g/mol. The Morgan fingerprint density at radius 2 is 1.96 bits per heavy atom. The number of fused-ring (bicyclic) bond motifs is 2. The maximum atomic E-state index is 12.7. The average Bonchev–Trinajstić information content (AvgIpc) is 2.88. The fourth-order valence-corrected chi connectivity index (χ4v) is 5.69. The van der Waals surface area contributed by atoms with Gasteiger partial charge in [-0.1, -0.05) is 30.7 Å². The van der Waals surface area contributed by atoms with Crippen molar-refractivity contribution in [1.29, 1.82) is 0 Å². The number of rotatable bonds is 3. The predicted molar refractivity (Wildman–Crippen MR) is 118 cm³/mol. The number of carbonyl (C=O) groups is 1. The van der Waals surface area contributed by atoms with Crippen LogP contribution in [0.3, 0.4) is 0 Å². The highest BCUT2D eigenvalue weighted by atomic mass is 32.1. The van der Waals surface area contributed by atoms with E-state index in [1.807, 2.05) is 6.92 Å². The van der Waals surface area contributed by atoms with Crippen LogP contribution in [0.5, 0.6) is 0 Å². The molecule has 4 nitrogen and oxygen atoms in total. The summed E-state index contributed by atoms with van der Waals surface area (Å²) >= 11 is 7.41. The Morgan fingerprint density at radius 1 is 1.18 bits per heavy atom. The van der Waals surface area contributed by atoms with Crippen molar-refractivity contribution in [1.82, 2.24) is 4.90 Å². The van der Waals surface area contributed by atoms with Gasteiger partial charge in [0.1, 0.15) is 5.00 Å². The molecule has 4 rings (SSSR count). The summed E-state index contributed by atoms with van der Waals surface area (Å²) < 4.78 is 5.38. The van der Waals surface area contributed by atoms with Crippen LogP contribution in [0.25, 0.3) is 0 Å². The van der Waals surface area contributed by atoms with Gasteiger partial charge in [-0.3, -0.25) is 0 Å². The summed E-state index contributed by atoms with van der Waals surface area (Å²) in [4.78, 5) is 16.2. The van der Waals surface area contributed by atoms with Crippen LogP contribution < -0.4 is 5.32 Å². The van der Waals surface area contributed by atoms with Crippen LogP contribution >= 0.6 is 23.6 Å². The fourth-order valence-electron chi connectivity index (χ4n) is 4.10. The Hall–Kier alpha value is -1.92. The second-order valence-corrected chi connectivity index (χ2v) is 8.85. The third kappa shape index (κ3) is 3.94. The minimum Gasteiger partial charge on any atom is -0.462 e. The van der Waals surface area contributed by atoms with Gasteiger partial charge in [0.15, 0.2) is 5.11 Å². The molecule has 0 saturated heterocycles. The van der Waals surface area contributed by atoms with Crippen molar-refractivity contribution in [3.63, 3.8) is 0 Å². The van der Waals surface area contributed by atoms with Crippen molar-refractivity contribution in [2.24, 2.45) is 0 Å². The van der Waals surface area contributed by atoms with Gasteiger partial charge in [-0.15, -0.1) is 11.3 Å². The van der Waals surface area contributed by atoms with Gasteiger partial charge in [0, 0.05) is 18.0 Å². The highest BCUT2D eigenvalue weighted by Crippen LogP contribution is 2.38. The lowest BCUT2D eigenvalue weighted by atomic mass is 10.0. The molecule has 2 aliphatic rings. The van der Waals surface area contributed by atoms with Gasteiger partial charge < -0.3 is 15.0 Å². The van der Waals surface area contributed by atoms with E-state index in [1.165, 1.54) is 34.4 Å². The van der Waals surface area contributed by atoms with E-state index in [0.29, 0.717) is 17.3 Å². The first-order valence-electron chi connectivity index (χ1n) is 10.1. The molecule has 0 fully saturated rings. The van der Waals surface area contributed by atoms with Crippen LogP contribution in [-0.4, -0.2) is 29.1 Å². The summed E-state index contributed by atoms with van der Waals surface area (Å²) in [5.74, 6) is -0.226. The number of thiocarbonyl (C=S) groups is 1. The van der Waals surface area contributed by atoms with E-state index >= 15 is 0 Å². The first-order chi connectivity index (χ1) is 13.7. The zero-order valence-electron chi connectivity index (χ0n) is 16.3. The highest BCUT2D eigenvalue weighted by Gasteiger charge is 2.27. The number of hydrogen-bond acceptors (Lipinski definition) is 4. The van der Waals surface area contributed by atoms with Crippen LogP contribution in [0.4, 0.5) is 5.00 Å². The number of nitrogens with zero attached hydrogens (tertiary/aromatic N) is 1. The summed E-state index contributed by atoms with van der Waals surface area (Å²) in [6.07, 6.45) is 6.51. The first kappa shape index (κ1) is 19.4. The third-order valence-corrected chi connectivity index (χ3v) is 7.11. The maximum Gasteiger partial charge on any atom is 0.341 e. The molecule has 148 valence electrons.